The van der Waals surface area contributed by atoms with E-state index in [1.807, 2.05) is 36.4 Å². The Morgan fingerprint density at radius 1 is 1.12 bits per heavy atom. The van der Waals surface area contributed by atoms with Crippen LogP contribution in [0.3, 0.4) is 0 Å². The summed E-state index contributed by atoms with van der Waals surface area (Å²) in [7, 11) is 1.72. The number of carbonyl (C=O) groups excluding carboxylic acids is 2. The van der Waals surface area contributed by atoms with Crippen LogP contribution < -0.4 is 5.32 Å². The summed E-state index contributed by atoms with van der Waals surface area (Å²) in [4.78, 5) is 40.5. The first-order valence-electron chi connectivity index (χ1n) is 11.3. The van der Waals surface area contributed by atoms with E-state index in [0.717, 1.165) is 22.3 Å². The molecule has 0 saturated carbocycles. The molecule has 1 saturated heterocycles. The first-order valence-corrected chi connectivity index (χ1v) is 11.3. The van der Waals surface area contributed by atoms with Crippen molar-refractivity contribution >= 4 is 18.0 Å². The second-order valence-electron chi connectivity index (χ2n) is 8.67. The van der Waals surface area contributed by atoms with Crippen LogP contribution in [0, 0.1) is 0 Å². The number of carbonyl (C=O) groups is 3. The zero-order valence-corrected chi connectivity index (χ0v) is 19.1. The molecule has 1 fully saturated rings. The molecular weight excluding hydrogens is 434 g/mol. The van der Waals surface area contributed by atoms with Crippen molar-refractivity contribution in [2.75, 3.05) is 33.3 Å². The predicted molar refractivity (Wildman–Crippen MR) is 127 cm³/mol. The van der Waals surface area contributed by atoms with Gasteiger partial charge in [-0.3, -0.25) is 14.5 Å². The van der Waals surface area contributed by atoms with Gasteiger partial charge in [-0.05, 0) is 35.7 Å². The number of hydrogen-bond donors (Lipinski definition) is 2. The van der Waals surface area contributed by atoms with E-state index < -0.39 is 24.1 Å². The van der Waals surface area contributed by atoms with Crippen LogP contribution in [0.1, 0.15) is 23.5 Å². The fraction of sp³-hybridized carbons (Fsp3) is 0.346. The first kappa shape index (κ1) is 23.5. The van der Waals surface area contributed by atoms with E-state index in [1.54, 1.807) is 18.0 Å². The van der Waals surface area contributed by atoms with Gasteiger partial charge in [-0.2, -0.15) is 0 Å². The summed E-state index contributed by atoms with van der Waals surface area (Å²) < 4.78 is 5.57. The van der Waals surface area contributed by atoms with E-state index in [0.29, 0.717) is 13.1 Å². The fourth-order valence-electron chi connectivity index (χ4n) is 4.73. The molecule has 34 heavy (non-hydrogen) atoms. The smallest absolute Gasteiger partial charge is 0.407 e. The second-order valence-corrected chi connectivity index (χ2v) is 8.67. The quantitative estimate of drug-likeness (QED) is 0.613. The van der Waals surface area contributed by atoms with Gasteiger partial charge in [-0.25, -0.2) is 4.79 Å². The Morgan fingerprint density at radius 2 is 1.74 bits per heavy atom. The summed E-state index contributed by atoms with van der Waals surface area (Å²) in [5.74, 6) is -1.40. The minimum atomic E-state index is -0.982. The Kier molecular flexibility index (Phi) is 6.98. The Morgan fingerprint density at radius 3 is 2.32 bits per heavy atom. The van der Waals surface area contributed by atoms with Gasteiger partial charge >= 0.3 is 12.1 Å². The fourth-order valence-corrected chi connectivity index (χ4v) is 4.73. The monoisotopic (exact) mass is 463 g/mol. The normalized spacial score (nSPS) is 18.5. The number of carboxylic acids is 1. The van der Waals surface area contributed by atoms with E-state index in [1.165, 1.54) is 4.90 Å². The zero-order valence-electron chi connectivity index (χ0n) is 19.1. The van der Waals surface area contributed by atoms with Crippen molar-refractivity contribution in [2.24, 2.45) is 0 Å². The molecule has 2 atom stereocenters. The molecule has 4 rings (SSSR count). The number of rotatable bonds is 7. The lowest BCUT2D eigenvalue weighted by Gasteiger charge is -2.38. The summed E-state index contributed by atoms with van der Waals surface area (Å²) in [5.41, 5.74) is 4.48. The second kappa shape index (κ2) is 10.1. The zero-order chi connectivity index (χ0) is 24.2. The van der Waals surface area contributed by atoms with Gasteiger partial charge in [0.1, 0.15) is 18.7 Å². The molecular formula is C26H29N3O5. The molecule has 2 aliphatic rings. The predicted octanol–water partition coefficient (Wildman–Crippen LogP) is 2.70. The van der Waals surface area contributed by atoms with Crippen LogP contribution in [0.4, 0.5) is 4.79 Å². The third kappa shape index (κ3) is 4.68. The molecule has 0 aromatic heterocycles. The molecule has 0 bridgehead atoms. The average molecular weight is 464 g/mol. The number of nitrogens with zero attached hydrogens (tertiary/aromatic N) is 2. The molecule has 2 N–H and O–H groups in total. The van der Waals surface area contributed by atoms with Crippen LogP contribution in [0.15, 0.2) is 61.2 Å². The van der Waals surface area contributed by atoms with Gasteiger partial charge in [0.25, 0.3) is 0 Å². The molecule has 8 nitrogen and oxygen atoms in total. The van der Waals surface area contributed by atoms with Gasteiger partial charge in [0.05, 0.1) is 0 Å². The maximum atomic E-state index is 13.1. The molecule has 178 valence electrons. The van der Waals surface area contributed by atoms with E-state index >= 15 is 0 Å². The number of alkyl carbamates (subject to hydrolysis) is 1. The number of nitrogens with one attached hydrogen (secondary N) is 1. The van der Waals surface area contributed by atoms with Crippen LogP contribution in [0.5, 0.6) is 0 Å². The molecule has 0 spiro atoms. The van der Waals surface area contributed by atoms with E-state index in [4.69, 9.17) is 4.74 Å². The van der Waals surface area contributed by atoms with Crippen molar-refractivity contribution < 1.29 is 24.2 Å². The third-order valence-corrected chi connectivity index (χ3v) is 6.58. The summed E-state index contributed by atoms with van der Waals surface area (Å²) in [6.45, 7) is 4.71. The summed E-state index contributed by atoms with van der Waals surface area (Å²) in [6.07, 6.45) is 1.08. The Balaban J connectivity index is 1.41. The minimum absolute atomic E-state index is 0.0602. The number of likely N-dealkylation sites (N-methyl/N-ethyl adjacent to an activating group) is 1. The Labute approximate surface area is 198 Å². The maximum Gasteiger partial charge on any atom is 0.407 e. The van der Waals surface area contributed by atoms with Gasteiger partial charge in [0.15, 0.2) is 0 Å². The van der Waals surface area contributed by atoms with Crippen molar-refractivity contribution in [3.63, 3.8) is 0 Å². The van der Waals surface area contributed by atoms with Gasteiger partial charge < -0.3 is 20.1 Å². The lowest BCUT2D eigenvalue weighted by Crippen LogP contribution is -2.59. The number of ether oxygens (including phenoxy) is 1. The molecule has 2 amide bonds. The molecule has 2 aromatic carbocycles. The lowest BCUT2D eigenvalue weighted by molar-refractivity contribution is -0.148. The van der Waals surface area contributed by atoms with Crippen LogP contribution in [-0.4, -0.2) is 78.2 Å². The summed E-state index contributed by atoms with van der Waals surface area (Å²) in [5, 5.41) is 12.1. The number of carboxylic acid groups (broad SMARTS) is 1. The number of hydrogen-bond acceptors (Lipinski definition) is 5. The topological polar surface area (TPSA) is 99.2 Å². The molecule has 1 aliphatic carbocycles. The number of piperazine rings is 1. The molecule has 8 heteroatoms. The van der Waals surface area contributed by atoms with Crippen LogP contribution in [0.25, 0.3) is 11.1 Å². The minimum Gasteiger partial charge on any atom is -0.480 e. The first-order chi connectivity index (χ1) is 16.4. The highest BCUT2D eigenvalue weighted by molar-refractivity contribution is 5.87. The van der Waals surface area contributed by atoms with Crippen molar-refractivity contribution in [1.82, 2.24) is 15.1 Å². The third-order valence-electron chi connectivity index (χ3n) is 6.58. The van der Waals surface area contributed by atoms with E-state index in [-0.39, 0.29) is 31.4 Å². The molecule has 0 radical (unpaired) electrons. The van der Waals surface area contributed by atoms with E-state index in [2.05, 4.69) is 24.0 Å². The number of fused-ring (bicyclic) bond motifs is 3. The highest BCUT2D eigenvalue weighted by Gasteiger charge is 2.35. The highest BCUT2D eigenvalue weighted by atomic mass is 16.5. The molecule has 2 unspecified atom stereocenters. The molecule has 1 aliphatic heterocycles. The standard InChI is InChI=1S/C26H29N3O5/c1-3-8-22(24(30)29-14-13-28(2)23(15-29)25(31)32)27-26(33)34-16-21-19-11-6-4-9-17(19)18-10-5-7-12-20(18)21/h3-7,9-12,21-23H,1,8,13-16H2,2H3,(H,27,33)(H,31,32). The Hall–Kier alpha value is -3.65. The number of aliphatic carboxylic acids is 1. The van der Waals surface area contributed by atoms with Crippen molar-refractivity contribution in [1.29, 1.82) is 0 Å². The van der Waals surface area contributed by atoms with E-state index in [9.17, 15) is 19.5 Å². The maximum absolute atomic E-state index is 13.1. The van der Waals surface area contributed by atoms with Crippen LogP contribution >= 0.6 is 0 Å². The van der Waals surface area contributed by atoms with Gasteiger partial charge in [-0.15, -0.1) is 6.58 Å². The lowest BCUT2D eigenvalue weighted by atomic mass is 9.98. The van der Waals surface area contributed by atoms with Gasteiger partial charge in [0.2, 0.25) is 5.91 Å². The van der Waals surface area contributed by atoms with Crippen LogP contribution in [-0.2, 0) is 14.3 Å². The van der Waals surface area contributed by atoms with Gasteiger partial charge in [0, 0.05) is 25.6 Å². The van der Waals surface area contributed by atoms with Crippen molar-refractivity contribution in [2.45, 2.75) is 24.4 Å². The van der Waals surface area contributed by atoms with Crippen molar-refractivity contribution in [3.8, 4) is 11.1 Å². The largest absolute Gasteiger partial charge is 0.480 e. The molecule has 2 aromatic rings. The number of amides is 2. The molecule has 1 heterocycles. The van der Waals surface area contributed by atoms with Crippen LogP contribution in [0.2, 0.25) is 0 Å². The summed E-state index contributed by atoms with van der Waals surface area (Å²) >= 11 is 0. The Bertz CT molecular complexity index is 1060. The SMILES string of the molecule is C=CCC(NC(=O)OCC1c2ccccc2-c2ccccc21)C(=O)N1CCN(C)C(C(=O)O)C1. The number of benzene rings is 2. The van der Waals surface area contributed by atoms with Crippen molar-refractivity contribution in [3.05, 3.63) is 72.3 Å². The average Bonchev–Trinajstić information content (AvgIpc) is 3.16. The highest BCUT2D eigenvalue weighted by Crippen LogP contribution is 2.44. The van der Waals surface area contributed by atoms with Gasteiger partial charge in [-0.1, -0.05) is 54.6 Å². The summed E-state index contributed by atoms with van der Waals surface area (Å²) in [6, 6.07) is 14.5.